The van der Waals surface area contributed by atoms with Crippen LogP contribution in [-0.4, -0.2) is 31.7 Å². The lowest BCUT2D eigenvalue weighted by Crippen LogP contribution is -2.41. The zero-order chi connectivity index (χ0) is 20.5. The van der Waals surface area contributed by atoms with Crippen LogP contribution in [0.2, 0.25) is 0 Å². The van der Waals surface area contributed by atoms with Crippen LogP contribution in [0.25, 0.3) is 6.08 Å². The number of amides is 1. The average molecular weight is 417 g/mol. The lowest BCUT2D eigenvalue weighted by molar-refractivity contribution is -0.121. The van der Waals surface area contributed by atoms with Crippen LogP contribution in [0, 0.1) is 5.92 Å². The fourth-order valence-corrected chi connectivity index (χ4v) is 4.60. The van der Waals surface area contributed by atoms with Gasteiger partial charge < -0.3 is 9.73 Å². The Morgan fingerprint density at radius 3 is 2.55 bits per heavy atom. The molecule has 7 heteroatoms. The summed E-state index contributed by atoms with van der Waals surface area (Å²) in [6.07, 6.45) is 8.91. The molecule has 0 radical (unpaired) electrons. The summed E-state index contributed by atoms with van der Waals surface area (Å²) in [6.45, 7) is 0.369. The Kier molecular flexibility index (Phi) is 7.66. The van der Waals surface area contributed by atoms with Crippen LogP contribution in [-0.2, 0) is 21.4 Å². The van der Waals surface area contributed by atoms with Gasteiger partial charge in [-0.1, -0.05) is 49.6 Å². The molecule has 3 rings (SSSR count). The van der Waals surface area contributed by atoms with Gasteiger partial charge >= 0.3 is 0 Å². The number of rotatable bonds is 9. The van der Waals surface area contributed by atoms with E-state index in [1.54, 1.807) is 12.1 Å². The largest absolute Gasteiger partial charge is 0.468 e. The van der Waals surface area contributed by atoms with E-state index in [1.165, 1.54) is 31.6 Å². The molecule has 1 aliphatic rings. The van der Waals surface area contributed by atoms with E-state index in [0.29, 0.717) is 18.2 Å². The second kappa shape index (κ2) is 10.4. The number of carbonyl (C=O) groups is 1. The standard InChI is InChI=1S/C22H28N2O4S/c25-22(23-16-20-10-5-2-6-11-20)18-24(17-21-12-7-14-28-21)29(26,27)15-13-19-8-3-1-4-9-19/h1,3-4,7-9,12-15,20H,2,5-6,10-11,16-18H2,(H,23,25). The Bertz CT molecular complexity index is 886. The number of furan rings is 1. The first kappa shape index (κ1) is 21.3. The normalized spacial score (nSPS) is 15.8. The molecule has 1 heterocycles. The first-order valence-electron chi connectivity index (χ1n) is 10.1. The van der Waals surface area contributed by atoms with Crippen LogP contribution in [0.1, 0.15) is 43.4 Å². The van der Waals surface area contributed by atoms with Crippen molar-refractivity contribution in [1.82, 2.24) is 9.62 Å². The van der Waals surface area contributed by atoms with Gasteiger partial charge in [0.15, 0.2) is 0 Å². The van der Waals surface area contributed by atoms with Crippen molar-refractivity contribution >= 4 is 22.0 Å². The van der Waals surface area contributed by atoms with Crippen molar-refractivity contribution in [3.05, 3.63) is 65.5 Å². The summed E-state index contributed by atoms with van der Waals surface area (Å²) in [6, 6.07) is 12.6. The van der Waals surface area contributed by atoms with Crippen molar-refractivity contribution in [3.8, 4) is 0 Å². The molecular weight excluding hydrogens is 388 g/mol. The van der Waals surface area contributed by atoms with Crippen molar-refractivity contribution in [2.75, 3.05) is 13.1 Å². The zero-order valence-corrected chi connectivity index (χ0v) is 17.3. The lowest BCUT2D eigenvalue weighted by Gasteiger charge is -2.23. The lowest BCUT2D eigenvalue weighted by atomic mass is 9.89. The second-order valence-electron chi connectivity index (χ2n) is 7.41. The van der Waals surface area contributed by atoms with Gasteiger partial charge in [0.2, 0.25) is 15.9 Å². The van der Waals surface area contributed by atoms with Crippen LogP contribution >= 0.6 is 0 Å². The van der Waals surface area contributed by atoms with E-state index in [1.807, 2.05) is 30.3 Å². The van der Waals surface area contributed by atoms with E-state index in [0.717, 1.165) is 28.1 Å². The molecule has 0 bridgehead atoms. The number of carbonyl (C=O) groups excluding carboxylic acids is 1. The molecule has 29 heavy (non-hydrogen) atoms. The van der Waals surface area contributed by atoms with Gasteiger partial charge in [0.25, 0.3) is 0 Å². The number of nitrogens with zero attached hydrogens (tertiary/aromatic N) is 1. The molecule has 1 aromatic heterocycles. The first-order valence-corrected chi connectivity index (χ1v) is 11.6. The van der Waals surface area contributed by atoms with E-state index in [2.05, 4.69) is 5.32 Å². The molecule has 0 aliphatic heterocycles. The summed E-state index contributed by atoms with van der Waals surface area (Å²) in [7, 11) is -3.80. The van der Waals surface area contributed by atoms with Crippen molar-refractivity contribution in [3.63, 3.8) is 0 Å². The van der Waals surface area contributed by atoms with Gasteiger partial charge in [0.1, 0.15) is 5.76 Å². The molecule has 0 unspecified atom stereocenters. The Balaban J connectivity index is 1.66. The number of hydrogen-bond acceptors (Lipinski definition) is 4. The predicted octanol–water partition coefficient (Wildman–Crippen LogP) is 3.78. The maximum atomic E-state index is 12.9. The third-order valence-corrected chi connectivity index (χ3v) is 6.59. The van der Waals surface area contributed by atoms with Crippen molar-refractivity contribution in [1.29, 1.82) is 0 Å². The molecule has 1 saturated carbocycles. The third-order valence-electron chi connectivity index (χ3n) is 5.14. The fraction of sp³-hybridized carbons (Fsp3) is 0.409. The van der Waals surface area contributed by atoms with E-state index in [-0.39, 0.29) is 19.0 Å². The highest BCUT2D eigenvalue weighted by molar-refractivity contribution is 7.92. The Morgan fingerprint density at radius 2 is 1.86 bits per heavy atom. The van der Waals surface area contributed by atoms with Crippen molar-refractivity contribution in [2.24, 2.45) is 5.92 Å². The topological polar surface area (TPSA) is 79.6 Å². The molecule has 1 aliphatic carbocycles. The zero-order valence-electron chi connectivity index (χ0n) is 16.5. The second-order valence-corrected chi connectivity index (χ2v) is 9.23. The van der Waals surface area contributed by atoms with E-state index >= 15 is 0 Å². The quantitative estimate of drug-likeness (QED) is 0.675. The van der Waals surface area contributed by atoms with Crippen LogP contribution < -0.4 is 5.32 Å². The molecule has 0 spiro atoms. The molecule has 1 amide bonds. The minimum absolute atomic E-state index is 0.00527. The Hall–Kier alpha value is -2.38. The number of hydrogen-bond donors (Lipinski definition) is 1. The molecule has 0 atom stereocenters. The third kappa shape index (κ3) is 6.87. The van der Waals surface area contributed by atoms with Crippen molar-refractivity contribution < 1.29 is 17.6 Å². The number of sulfonamides is 1. The minimum Gasteiger partial charge on any atom is -0.468 e. The molecule has 2 aromatic rings. The van der Waals surface area contributed by atoms with Gasteiger partial charge in [-0.25, -0.2) is 8.42 Å². The molecule has 1 fully saturated rings. The maximum Gasteiger partial charge on any atom is 0.237 e. The number of benzene rings is 1. The molecule has 1 aromatic carbocycles. The summed E-state index contributed by atoms with van der Waals surface area (Å²) in [4.78, 5) is 12.5. The highest BCUT2D eigenvalue weighted by Crippen LogP contribution is 2.22. The van der Waals surface area contributed by atoms with Gasteiger partial charge in [-0.3, -0.25) is 4.79 Å². The van der Waals surface area contributed by atoms with Gasteiger partial charge in [-0.15, -0.1) is 0 Å². The highest BCUT2D eigenvalue weighted by atomic mass is 32.2. The van der Waals surface area contributed by atoms with Crippen molar-refractivity contribution in [2.45, 2.75) is 38.6 Å². The van der Waals surface area contributed by atoms with Gasteiger partial charge in [-0.05, 0) is 42.5 Å². The first-order chi connectivity index (χ1) is 14.0. The predicted molar refractivity (Wildman–Crippen MR) is 113 cm³/mol. The minimum atomic E-state index is -3.80. The Labute approximate surface area is 172 Å². The Morgan fingerprint density at radius 1 is 1.10 bits per heavy atom. The summed E-state index contributed by atoms with van der Waals surface area (Å²) >= 11 is 0. The molecule has 6 nitrogen and oxygen atoms in total. The summed E-state index contributed by atoms with van der Waals surface area (Å²) in [5, 5.41) is 4.05. The monoisotopic (exact) mass is 416 g/mol. The highest BCUT2D eigenvalue weighted by Gasteiger charge is 2.24. The summed E-state index contributed by atoms with van der Waals surface area (Å²) in [5.74, 6) is 0.682. The van der Waals surface area contributed by atoms with Gasteiger partial charge in [-0.2, -0.15) is 4.31 Å². The number of nitrogens with one attached hydrogen (secondary N) is 1. The summed E-state index contributed by atoms with van der Waals surface area (Å²) in [5.41, 5.74) is 0.774. The van der Waals surface area contributed by atoms with Crippen LogP contribution in [0.5, 0.6) is 0 Å². The average Bonchev–Trinajstić information content (AvgIpc) is 3.25. The molecule has 1 N–H and O–H groups in total. The molecule has 156 valence electrons. The molecule has 0 saturated heterocycles. The smallest absolute Gasteiger partial charge is 0.237 e. The van der Waals surface area contributed by atoms with Crippen LogP contribution in [0.15, 0.2) is 58.6 Å². The SMILES string of the molecule is O=C(CN(Cc1ccco1)S(=O)(=O)C=Cc1ccccc1)NCC1CCCCC1. The van der Waals surface area contributed by atoms with Crippen LogP contribution in [0.3, 0.4) is 0 Å². The summed E-state index contributed by atoms with van der Waals surface area (Å²) < 4.78 is 32.2. The van der Waals surface area contributed by atoms with E-state index in [4.69, 9.17) is 4.42 Å². The van der Waals surface area contributed by atoms with Crippen LogP contribution in [0.4, 0.5) is 0 Å². The van der Waals surface area contributed by atoms with Gasteiger partial charge in [0, 0.05) is 12.0 Å². The van der Waals surface area contributed by atoms with Gasteiger partial charge in [0.05, 0.1) is 19.4 Å². The van der Waals surface area contributed by atoms with E-state index < -0.39 is 10.0 Å². The fourth-order valence-electron chi connectivity index (χ4n) is 3.49. The maximum absolute atomic E-state index is 12.9. The van der Waals surface area contributed by atoms with E-state index in [9.17, 15) is 13.2 Å². The molecular formula is C22H28N2O4S.